The van der Waals surface area contributed by atoms with Crippen molar-refractivity contribution in [1.82, 2.24) is 0 Å². The maximum atomic E-state index is 11.5. The van der Waals surface area contributed by atoms with Crippen LogP contribution in [0.25, 0.3) is 87.6 Å². The number of aromatic hydroxyl groups is 8. The molecule has 248 valence electrons. The Morgan fingerprint density at radius 2 is 0.765 bits per heavy atom. The molecule has 0 saturated carbocycles. The molecule has 0 unspecified atom stereocenters. The fourth-order valence-corrected chi connectivity index (χ4v) is 7.28. The van der Waals surface area contributed by atoms with Crippen LogP contribution in [0.3, 0.4) is 0 Å². The maximum Gasteiger partial charge on any atom is 0.204 e. The smallest absolute Gasteiger partial charge is 0.204 e. The lowest BCUT2D eigenvalue weighted by atomic mass is 9.83. The second-order valence-electron chi connectivity index (χ2n) is 12.5. The van der Waals surface area contributed by atoms with Crippen LogP contribution in [-0.4, -0.2) is 40.9 Å². The number of para-hydroxylation sites is 1. The highest BCUT2D eigenvalue weighted by molar-refractivity contribution is 6.29. The summed E-state index contributed by atoms with van der Waals surface area (Å²) in [6.07, 6.45) is 0. The standard InChI is InChI=1S/C42H26O9/c43-35-31-29(21-12-9-20(10-13-21)23-15-16-26-25-7-3-4-8-27(25)51-28(26)18-23)32-34(38(46)42(50)40(48)36(32)44)30(33(31)37(45)41(49)39(35)47)24-14-11-19-5-1-2-6-22(19)17-24/h1-18,43-50H. The van der Waals surface area contributed by atoms with E-state index in [1.165, 1.54) is 0 Å². The van der Waals surface area contributed by atoms with Crippen molar-refractivity contribution in [2.45, 2.75) is 0 Å². The van der Waals surface area contributed by atoms with Gasteiger partial charge in [0.05, 0.1) is 0 Å². The molecule has 8 N–H and O–H groups in total. The summed E-state index contributed by atoms with van der Waals surface area (Å²) in [5, 5.41) is 92.0. The molecule has 0 saturated heterocycles. The summed E-state index contributed by atoms with van der Waals surface area (Å²) in [6, 6.07) is 33.1. The van der Waals surface area contributed by atoms with Crippen LogP contribution in [-0.2, 0) is 0 Å². The lowest BCUT2D eigenvalue weighted by Gasteiger charge is -2.22. The topological polar surface area (TPSA) is 175 Å². The van der Waals surface area contributed by atoms with Crippen molar-refractivity contribution in [1.29, 1.82) is 0 Å². The second kappa shape index (κ2) is 10.6. The van der Waals surface area contributed by atoms with Gasteiger partial charge in [0, 0.05) is 43.4 Å². The average Bonchev–Trinajstić information content (AvgIpc) is 3.54. The van der Waals surface area contributed by atoms with Gasteiger partial charge in [-0.3, -0.25) is 0 Å². The van der Waals surface area contributed by atoms with Crippen molar-refractivity contribution in [3.63, 3.8) is 0 Å². The fraction of sp³-hybridized carbons (Fsp3) is 0. The highest BCUT2D eigenvalue weighted by Gasteiger charge is 2.32. The molecule has 0 aliphatic carbocycles. The number of phenols is 8. The molecule has 0 amide bonds. The lowest BCUT2D eigenvalue weighted by molar-refractivity contribution is 0.350. The molecule has 9 rings (SSSR count). The zero-order valence-corrected chi connectivity index (χ0v) is 26.4. The van der Waals surface area contributed by atoms with Gasteiger partial charge in [-0.25, -0.2) is 0 Å². The molecule has 9 aromatic rings. The van der Waals surface area contributed by atoms with Crippen molar-refractivity contribution < 1.29 is 45.3 Å². The third-order valence-corrected chi connectivity index (χ3v) is 9.72. The average molecular weight is 675 g/mol. The van der Waals surface area contributed by atoms with Crippen molar-refractivity contribution >= 4 is 54.3 Å². The van der Waals surface area contributed by atoms with Crippen molar-refractivity contribution in [2.24, 2.45) is 0 Å². The van der Waals surface area contributed by atoms with Crippen molar-refractivity contribution in [2.75, 3.05) is 0 Å². The van der Waals surface area contributed by atoms with Crippen molar-refractivity contribution in [3.05, 3.63) is 109 Å². The van der Waals surface area contributed by atoms with E-state index < -0.39 is 46.0 Å². The van der Waals surface area contributed by atoms with E-state index in [1.807, 2.05) is 66.7 Å². The van der Waals surface area contributed by atoms with Gasteiger partial charge in [-0.2, -0.15) is 0 Å². The molecule has 0 atom stereocenters. The Labute approximate surface area is 287 Å². The summed E-state index contributed by atoms with van der Waals surface area (Å²) in [4.78, 5) is 0. The zero-order valence-electron chi connectivity index (χ0n) is 26.4. The van der Waals surface area contributed by atoms with Gasteiger partial charge in [0.2, 0.25) is 23.0 Å². The van der Waals surface area contributed by atoms with E-state index in [9.17, 15) is 40.9 Å². The first kappa shape index (κ1) is 29.8. The normalized spacial score (nSPS) is 11.8. The minimum absolute atomic E-state index is 0.00328. The van der Waals surface area contributed by atoms with Gasteiger partial charge >= 0.3 is 0 Å². The Bertz CT molecular complexity index is 2860. The molecular formula is C42H26O9. The number of furan rings is 1. The van der Waals surface area contributed by atoms with E-state index in [2.05, 4.69) is 0 Å². The number of phenolic OH excluding ortho intramolecular Hbond substituents is 8. The number of hydrogen-bond donors (Lipinski definition) is 8. The molecule has 9 heteroatoms. The van der Waals surface area contributed by atoms with Gasteiger partial charge in [0.25, 0.3) is 0 Å². The quantitative estimate of drug-likeness (QED) is 0.0515. The Balaban J connectivity index is 1.37. The molecule has 0 spiro atoms. The molecule has 0 bridgehead atoms. The first-order chi connectivity index (χ1) is 24.6. The number of hydrogen-bond acceptors (Lipinski definition) is 9. The third-order valence-electron chi connectivity index (χ3n) is 9.72. The number of fused-ring (bicyclic) bond motifs is 6. The predicted molar refractivity (Wildman–Crippen MR) is 196 cm³/mol. The van der Waals surface area contributed by atoms with E-state index in [0.717, 1.165) is 38.3 Å². The minimum atomic E-state index is -1.02. The Hall–Kier alpha value is -7.26. The molecule has 9 nitrogen and oxygen atoms in total. The number of rotatable bonds is 3. The Morgan fingerprint density at radius 1 is 0.314 bits per heavy atom. The highest BCUT2D eigenvalue weighted by atomic mass is 16.4. The molecule has 51 heavy (non-hydrogen) atoms. The molecule has 0 radical (unpaired) electrons. The summed E-state index contributed by atoms with van der Waals surface area (Å²) in [7, 11) is 0. The largest absolute Gasteiger partial charge is 0.504 e. The third kappa shape index (κ3) is 4.15. The van der Waals surface area contributed by atoms with Crippen LogP contribution >= 0.6 is 0 Å². The molecule has 1 aromatic heterocycles. The summed E-state index contributed by atoms with van der Waals surface area (Å²) in [5.41, 5.74) is 3.73. The first-order valence-corrected chi connectivity index (χ1v) is 15.9. The van der Waals surface area contributed by atoms with E-state index in [0.29, 0.717) is 16.7 Å². The zero-order chi connectivity index (χ0) is 35.3. The van der Waals surface area contributed by atoms with Crippen molar-refractivity contribution in [3.8, 4) is 79.4 Å². The minimum Gasteiger partial charge on any atom is -0.504 e. The van der Waals surface area contributed by atoms with Gasteiger partial charge in [-0.1, -0.05) is 84.9 Å². The number of benzene rings is 8. The van der Waals surface area contributed by atoms with Crippen LogP contribution in [0.4, 0.5) is 0 Å². The summed E-state index contributed by atoms with van der Waals surface area (Å²) in [6.45, 7) is 0. The van der Waals surface area contributed by atoms with Gasteiger partial charge in [-0.15, -0.1) is 0 Å². The molecule has 1 heterocycles. The molecular weight excluding hydrogens is 648 g/mol. The van der Waals surface area contributed by atoms with Gasteiger partial charge < -0.3 is 45.3 Å². The van der Waals surface area contributed by atoms with Crippen LogP contribution in [0.1, 0.15) is 0 Å². The fourth-order valence-electron chi connectivity index (χ4n) is 7.28. The van der Waals surface area contributed by atoms with Crippen LogP contribution in [0, 0.1) is 0 Å². The summed E-state index contributed by atoms with van der Waals surface area (Å²) < 4.78 is 6.07. The van der Waals surface area contributed by atoms with E-state index in [4.69, 9.17) is 4.42 Å². The van der Waals surface area contributed by atoms with Crippen LogP contribution in [0.15, 0.2) is 114 Å². The maximum absolute atomic E-state index is 11.5. The molecule has 0 fully saturated rings. The van der Waals surface area contributed by atoms with Crippen LogP contribution in [0.2, 0.25) is 0 Å². The summed E-state index contributed by atoms with van der Waals surface area (Å²) in [5.74, 6) is -7.39. The first-order valence-electron chi connectivity index (χ1n) is 15.9. The SMILES string of the molecule is Oc1c(O)c(O)c2c(-c3ccc4ccccc4c3)c3c(O)c(O)c(O)c(O)c3c(-c3ccc(-c4ccc5c(c4)oc4ccccc45)cc3)c2c1O. The Kier molecular flexibility index (Phi) is 6.21. The van der Waals surface area contributed by atoms with Crippen LogP contribution < -0.4 is 0 Å². The Morgan fingerprint density at radius 3 is 1.37 bits per heavy atom. The van der Waals surface area contributed by atoms with Gasteiger partial charge in [-0.05, 0) is 57.3 Å². The van der Waals surface area contributed by atoms with E-state index >= 15 is 0 Å². The molecule has 0 aliphatic heterocycles. The second-order valence-corrected chi connectivity index (χ2v) is 12.5. The molecule has 0 aliphatic rings. The van der Waals surface area contributed by atoms with Crippen LogP contribution in [0.5, 0.6) is 46.0 Å². The monoisotopic (exact) mass is 674 g/mol. The molecule has 8 aromatic carbocycles. The van der Waals surface area contributed by atoms with E-state index in [1.54, 1.807) is 42.5 Å². The van der Waals surface area contributed by atoms with Gasteiger partial charge in [0.1, 0.15) is 11.2 Å². The highest BCUT2D eigenvalue weighted by Crippen LogP contribution is 2.61. The van der Waals surface area contributed by atoms with Gasteiger partial charge in [0.15, 0.2) is 23.0 Å². The lowest BCUT2D eigenvalue weighted by Crippen LogP contribution is -1.95. The summed E-state index contributed by atoms with van der Waals surface area (Å²) >= 11 is 0. The van der Waals surface area contributed by atoms with E-state index in [-0.39, 0.29) is 32.7 Å². The predicted octanol–water partition coefficient (Wildman–Crippen LogP) is 9.69.